The molecule has 0 spiro atoms. The van der Waals surface area contributed by atoms with Gasteiger partial charge in [-0.25, -0.2) is 4.98 Å². The zero-order valence-electron chi connectivity index (χ0n) is 23.6. The molecule has 6 heteroatoms. The number of hydrogen-bond acceptors (Lipinski definition) is 4. The number of nitrogens with zero attached hydrogens (tertiary/aromatic N) is 3. The standard InChI is InChI=1S/C33H42N4O2/c1-23(2)26-13-14-30-31(20-26)37(16-7-17-39-3)33(35-30)28-10-6-15-36(22-28)32(38)21-29(34)19-24-11-12-25-8-4-5-9-27(25)18-24/h4-5,8-9,11-14,18,20,23,28-29H,6-7,10,15-17,19,21-22,34H2,1-3H3/t28-,29-/m1/s1. The third-order valence-electron chi connectivity index (χ3n) is 8.09. The Bertz CT molecular complexity index is 1430. The van der Waals surface area contributed by atoms with E-state index in [4.69, 9.17) is 15.5 Å². The lowest BCUT2D eigenvalue weighted by atomic mass is 9.95. The van der Waals surface area contributed by atoms with Crippen molar-refractivity contribution in [1.82, 2.24) is 14.5 Å². The van der Waals surface area contributed by atoms with Crippen LogP contribution in [0.15, 0.2) is 60.7 Å². The van der Waals surface area contributed by atoms with Gasteiger partial charge in [-0.15, -0.1) is 0 Å². The summed E-state index contributed by atoms with van der Waals surface area (Å²) >= 11 is 0. The fraction of sp³-hybridized carbons (Fsp3) is 0.455. The Hall–Kier alpha value is -3.22. The number of piperidine rings is 1. The molecule has 4 aromatic rings. The Morgan fingerprint density at radius 2 is 1.92 bits per heavy atom. The molecule has 0 unspecified atom stereocenters. The second-order valence-corrected chi connectivity index (χ2v) is 11.4. The molecule has 0 bridgehead atoms. The van der Waals surface area contributed by atoms with E-state index >= 15 is 0 Å². The molecular weight excluding hydrogens is 484 g/mol. The van der Waals surface area contributed by atoms with Crippen molar-refractivity contribution in [2.24, 2.45) is 5.73 Å². The van der Waals surface area contributed by atoms with Crippen LogP contribution in [0.4, 0.5) is 0 Å². The smallest absolute Gasteiger partial charge is 0.224 e. The molecule has 2 N–H and O–H groups in total. The van der Waals surface area contributed by atoms with Gasteiger partial charge in [0.05, 0.1) is 11.0 Å². The van der Waals surface area contributed by atoms with Gasteiger partial charge in [-0.3, -0.25) is 4.79 Å². The summed E-state index contributed by atoms with van der Waals surface area (Å²) < 4.78 is 7.73. The van der Waals surface area contributed by atoms with Crippen LogP contribution >= 0.6 is 0 Å². The first-order valence-electron chi connectivity index (χ1n) is 14.4. The van der Waals surface area contributed by atoms with Gasteiger partial charge in [0.25, 0.3) is 0 Å². The van der Waals surface area contributed by atoms with Crippen LogP contribution in [0.2, 0.25) is 0 Å². The minimum Gasteiger partial charge on any atom is -0.385 e. The average molecular weight is 527 g/mol. The van der Waals surface area contributed by atoms with E-state index in [0.717, 1.165) is 43.7 Å². The van der Waals surface area contributed by atoms with Crippen LogP contribution in [0.3, 0.4) is 0 Å². The number of methoxy groups -OCH3 is 1. The number of carbonyl (C=O) groups is 1. The molecule has 1 amide bonds. The van der Waals surface area contributed by atoms with Gasteiger partial charge in [0.1, 0.15) is 5.82 Å². The molecule has 0 radical (unpaired) electrons. The minimum atomic E-state index is -0.202. The average Bonchev–Trinajstić information content (AvgIpc) is 3.31. The number of imidazole rings is 1. The Labute approximate surface area is 232 Å². The molecule has 206 valence electrons. The molecular formula is C33H42N4O2. The van der Waals surface area contributed by atoms with Gasteiger partial charge in [0, 0.05) is 51.7 Å². The molecule has 1 aliphatic rings. The van der Waals surface area contributed by atoms with Gasteiger partial charge in [0.2, 0.25) is 5.91 Å². The second-order valence-electron chi connectivity index (χ2n) is 11.4. The summed E-state index contributed by atoms with van der Waals surface area (Å²) in [6, 6.07) is 21.2. The zero-order chi connectivity index (χ0) is 27.4. The van der Waals surface area contributed by atoms with Crippen molar-refractivity contribution in [3.63, 3.8) is 0 Å². The fourth-order valence-corrected chi connectivity index (χ4v) is 5.94. The number of fused-ring (bicyclic) bond motifs is 2. The van der Waals surface area contributed by atoms with Gasteiger partial charge in [-0.2, -0.15) is 0 Å². The summed E-state index contributed by atoms with van der Waals surface area (Å²) in [6.45, 7) is 7.52. The van der Waals surface area contributed by atoms with Crippen molar-refractivity contribution in [2.45, 2.75) is 70.4 Å². The Morgan fingerprint density at radius 1 is 1.10 bits per heavy atom. The van der Waals surface area contributed by atoms with Crippen LogP contribution in [0.1, 0.15) is 68.3 Å². The molecule has 1 aromatic heterocycles. The number of aromatic nitrogens is 2. The Morgan fingerprint density at radius 3 is 2.72 bits per heavy atom. The third kappa shape index (κ3) is 6.34. The first kappa shape index (κ1) is 27.4. The van der Waals surface area contributed by atoms with Crippen molar-refractivity contribution in [3.05, 3.63) is 77.6 Å². The van der Waals surface area contributed by atoms with Gasteiger partial charge >= 0.3 is 0 Å². The highest BCUT2D eigenvalue weighted by molar-refractivity contribution is 5.83. The van der Waals surface area contributed by atoms with E-state index in [0.29, 0.717) is 31.9 Å². The molecule has 3 aromatic carbocycles. The number of carbonyl (C=O) groups excluding carboxylic acids is 1. The van der Waals surface area contributed by atoms with Gasteiger partial charge in [-0.1, -0.05) is 62.4 Å². The van der Waals surface area contributed by atoms with Crippen molar-refractivity contribution in [3.8, 4) is 0 Å². The summed E-state index contributed by atoms with van der Waals surface area (Å²) in [5, 5.41) is 2.43. The van der Waals surface area contributed by atoms with E-state index in [2.05, 4.69) is 79.1 Å². The van der Waals surface area contributed by atoms with Crippen LogP contribution in [0, 0.1) is 0 Å². The molecule has 0 aliphatic carbocycles. The first-order valence-corrected chi connectivity index (χ1v) is 14.4. The lowest BCUT2D eigenvalue weighted by molar-refractivity contribution is -0.132. The monoisotopic (exact) mass is 526 g/mol. The predicted octanol–water partition coefficient (Wildman–Crippen LogP) is 6.02. The molecule has 2 atom stereocenters. The van der Waals surface area contributed by atoms with Crippen LogP contribution < -0.4 is 5.73 Å². The first-order chi connectivity index (χ1) is 18.9. The lowest BCUT2D eigenvalue weighted by Crippen LogP contribution is -2.42. The normalized spacial score (nSPS) is 16.8. The number of aryl methyl sites for hydroxylation is 1. The van der Waals surface area contributed by atoms with Gasteiger partial charge in [0.15, 0.2) is 0 Å². The quantitative estimate of drug-likeness (QED) is 0.257. The van der Waals surface area contributed by atoms with E-state index in [1.54, 1.807) is 7.11 Å². The lowest BCUT2D eigenvalue weighted by Gasteiger charge is -2.33. The van der Waals surface area contributed by atoms with Crippen LogP contribution in [-0.2, 0) is 22.5 Å². The molecule has 1 saturated heterocycles. The number of amides is 1. The molecule has 0 saturated carbocycles. The van der Waals surface area contributed by atoms with Gasteiger partial charge < -0.3 is 19.9 Å². The Balaban J connectivity index is 1.29. The maximum atomic E-state index is 13.4. The van der Waals surface area contributed by atoms with Crippen molar-refractivity contribution in [2.75, 3.05) is 26.8 Å². The predicted molar refractivity (Wildman–Crippen MR) is 159 cm³/mol. The molecule has 2 heterocycles. The van der Waals surface area contributed by atoms with E-state index in [1.807, 2.05) is 4.90 Å². The SMILES string of the molecule is COCCCn1c([C@@H]2CCCN(C(=O)C[C@H](N)Cc3ccc4ccccc4c3)C2)nc2ccc(C(C)C)cc21. The highest BCUT2D eigenvalue weighted by atomic mass is 16.5. The zero-order valence-corrected chi connectivity index (χ0v) is 23.6. The van der Waals surface area contributed by atoms with Crippen LogP contribution in [-0.4, -0.2) is 53.2 Å². The number of benzene rings is 3. The Kier molecular flexibility index (Phi) is 8.63. The third-order valence-corrected chi connectivity index (χ3v) is 8.09. The molecule has 1 fully saturated rings. The van der Waals surface area contributed by atoms with E-state index < -0.39 is 0 Å². The molecule has 6 nitrogen and oxygen atoms in total. The summed E-state index contributed by atoms with van der Waals surface area (Å²) in [7, 11) is 1.75. The van der Waals surface area contributed by atoms with E-state index in [-0.39, 0.29) is 17.9 Å². The topological polar surface area (TPSA) is 73.4 Å². The molecule has 5 rings (SSSR count). The molecule has 39 heavy (non-hydrogen) atoms. The summed E-state index contributed by atoms with van der Waals surface area (Å²) in [6.07, 6.45) is 4.01. The van der Waals surface area contributed by atoms with E-state index in [9.17, 15) is 4.79 Å². The summed E-state index contributed by atoms with van der Waals surface area (Å²) in [4.78, 5) is 20.5. The highest BCUT2D eigenvalue weighted by Gasteiger charge is 2.29. The second kappa shape index (κ2) is 12.3. The van der Waals surface area contributed by atoms with Crippen molar-refractivity contribution >= 4 is 27.7 Å². The number of likely N-dealkylation sites (tertiary alicyclic amines) is 1. The maximum absolute atomic E-state index is 13.4. The van der Waals surface area contributed by atoms with Crippen LogP contribution in [0.25, 0.3) is 21.8 Å². The van der Waals surface area contributed by atoms with Gasteiger partial charge in [-0.05, 0) is 65.6 Å². The number of hydrogen-bond donors (Lipinski definition) is 1. The largest absolute Gasteiger partial charge is 0.385 e. The number of nitrogens with two attached hydrogens (primary N) is 1. The summed E-state index contributed by atoms with van der Waals surface area (Å²) in [5.41, 5.74) is 11.2. The summed E-state index contributed by atoms with van der Waals surface area (Å²) in [5.74, 6) is 1.93. The number of rotatable bonds is 10. The number of ether oxygens (including phenoxy) is 1. The fourth-order valence-electron chi connectivity index (χ4n) is 5.94. The minimum absolute atomic E-state index is 0.150. The van der Waals surface area contributed by atoms with Crippen LogP contribution in [0.5, 0.6) is 0 Å². The van der Waals surface area contributed by atoms with Crippen molar-refractivity contribution < 1.29 is 9.53 Å². The highest BCUT2D eigenvalue weighted by Crippen LogP contribution is 2.31. The van der Waals surface area contributed by atoms with E-state index in [1.165, 1.54) is 27.4 Å². The van der Waals surface area contributed by atoms with Crippen molar-refractivity contribution in [1.29, 1.82) is 0 Å². The molecule has 1 aliphatic heterocycles. The maximum Gasteiger partial charge on any atom is 0.224 e.